The van der Waals surface area contributed by atoms with E-state index in [1.54, 1.807) is 0 Å². The molecule has 0 saturated carbocycles. The highest BCUT2D eigenvalue weighted by atomic mass is 127. The number of hydrogen-bond donors (Lipinski definition) is 3. The van der Waals surface area contributed by atoms with E-state index in [2.05, 4.69) is 46.7 Å². The van der Waals surface area contributed by atoms with Crippen molar-refractivity contribution >= 4 is 29.9 Å². The van der Waals surface area contributed by atoms with Crippen LogP contribution < -0.4 is 10.6 Å². The van der Waals surface area contributed by atoms with Crippen molar-refractivity contribution in [2.75, 3.05) is 45.9 Å². The van der Waals surface area contributed by atoms with Gasteiger partial charge in [0.1, 0.15) is 0 Å². The Kier molecular flexibility index (Phi) is 11.2. The Morgan fingerprint density at radius 1 is 1.19 bits per heavy atom. The minimum atomic E-state index is -0.825. The number of aliphatic imine (C=N–C) groups is 1. The monoisotopic (exact) mass is 490 g/mol. The summed E-state index contributed by atoms with van der Waals surface area (Å²) >= 11 is 0. The summed E-state index contributed by atoms with van der Waals surface area (Å²) in [6.45, 7) is 11.8. The lowest BCUT2D eigenvalue weighted by atomic mass is 10.1. The molecule has 0 aromatic heterocycles. The van der Waals surface area contributed by atoms with E-state index < -0.39 is 5.60 Å². The van der Waals surface area contributed by atoms with Gasteiger partial charge in [0.25, 0.3) is 0 Å². The molecule has 6 nitrogen and oxygen atoms in total. The van der Waals surface area contributed by atoms with Gasteiger partial charge in [0.05, 0.1) is 25.4 Å². The molecular weight excluding hydrogens is 455 g/mol. The first kappa shape index (κ1) is 24.1. The summed E-state index contributed by atoms with van der Waals surface area (Å²) in [5, 5.41) is 17.3. The van der Waals surface area contributed by atoms with Gasteiger partial charge in [-0.3, -0.25) is 4.90 Å². The van der Waals surface area contributed by atoms with Gasteiger partial charge in [-0.05, 0) is 31.4 Å². The zero-order valence-corrected chi connectivity index (χ0v) is 19.2. The van der Waals surface area contributed by atoms with Crippen molar-refractivity contribution in [2.24, 2.45) is 4.99 Å². The van der Waals surface area contributed by atoms with Gasteiger partial charge >= 0.3 is 0 Å². The van der Waals surface area contributed by atoms with Crippen LogP contribution in [0.2, 0.25) is 0 Å². The van der Waals surface area contributed by atoms with Crippen LogP contribution in [-0.2, 0) is 17.7 Å². The number of morpholine rings is 1. The van der Waals surface area contributed by atoms with Crippen LogP contribution in [0.4, 0.5) is 0 Å². The van der Waals surface area contributed by atoms with E-state index in [1.165, 1.54) is 11.1 Å². The summed E-state index contributed by atoms with van der Waals surface area (Å²) in [7, 11) is 0. The first-order valence-electron chi connectivity index (χ1n) is 9.65. The Balaban J connectivity index is 0.00000364. The Labute approximate surface area is 180 Å². The second-order valence-corrected chi connectivity index (χ2v) is 7.06. The molecule has 27 heavy (non-hydrogen) atoms. The van der Waals surface area contributed by atoms with E-state index in [-0.39, 0.29) is 24.0 Å². The summed E-state index contributed by atoms with van der Waals surface area (Å²) in [6, 6.07) is 8.40. The molecule has 1 aliphatic rings. The molecule has 7 heteroatoms. The lowest BCUT2D eigenvalue weighted by molar-refractivity contribution is -0.0201. The van der Waals surface area contributed by atoms with Crippen LogP contribution >= 0.6 is 24.0 Å². The maximum absolute atomic E-state index is 10.7. The number of rotatable bonds is 8. The first-order valence-corrected chi connectivity index (χ1v) is 9.65. The van der Waals surface area contributed by atoms with Gasteiger partial charge in [-0.1, -0.05) is 31.2 Å². The largest absolute Gasteiger partial charge is 0.387 e. The van der Waals surface area contributed by atoms with Crippen molar-refractivity contribution in [2.45, 2.75) is 39.3 Å². The van der Waals surface area contributed by atoms with E-state index in [0.29, 0.717) is 19.6 Å². The average molecular weight is 490 g/mol. The highest BCUT2D eigenvalue weighted by Gasteiger charge is 2.25. The number of β-amino-alcohol motifs (C(OH)–C–C–N with tert-alkyl or cyclic N) is 1. The number of nitrogens with one attached hydrogen (secondary N) is 2. The molecule has 1 heterocycles. The minimum absolute atomic E-state index is 0. The van der Waals surface area contributed by atoms with Crippen LogP contribution in [0.3, 0.4) is 0 Å². The van der Waals surface area contributed by atoms with E-state index in [4.69, 9.17) is 9.73 Å². The topological polar surface area (TPSA) is 69.1 Å². The normalized spacial score (nSPS) is 17.7. The quantitative estimate of drug-likeness (QED) is 0.296. The SMILES string of the molecule is CCNC(=NCc1ccccc1CC)NCC(C)(O)CN1CCOCC1.I. The fraction of sp³-hybridized carbons (Fsp3) is 0.650. The molecule has 1 aromatic rings. The molecule has 1 aromatic carbocycles. The number of guanidine groups is 1. The highest BCUT2D eigenvalue weighted by Crippen LogP contribution is 2.11. The molecule has 1 aliphatic heterocycles. The molecule has 3 N–H and O–H groups in total. The van der Waals surface area contributed by atoms with Crippen molar-refractivity contribution in [3.63, 3.8) is 0 Å². The smallest absolute Gasteiger partial charge is 0.191 e. The van der Waals surface area contributed by atoms with Gasteiger partial charge in [0, 0.05) is 32.7 Å². The Morgan fingerprint density at radius 2 is 1.85 bits per heavy atom. The Bertz CT molecular complexity index is 575. The number of ether oxygens (including phenoxy) is 1. The molecule has 0 aliphatic carbocycles. The predicted molar refractivity (Wildman–Crippen MR) is 122 cm³/mol. The molecule has 0 bridgehead atoms. The minimum Gasteiger partial charge on any atom is -0.387 e. The summed E-state index contributed by atoms with van der Waals surface area (Å²) in [4.78, 5) is 6.93. The Hall–Kier alpha value is -0.900. The predicted octanol–water partition coefficient (Wildman–Crippen LogP) is 2.01. The molecular formula is C20H35IN4O2. The zero-order valence-electron chi connectivity index (χ0n) is 16.8. The van der Waals surface area contributed by atoms with Gasteiger partial charge < -0.3 is 20.5 Å². The van der Waals surface area contributed by atoms with Gasteiger partial charge in [0.15, 0.2) is 5.96 Å². The van der Waals surface area contributed by atoms with Crippen LogP contribution in [0.25, 0.3) is 0 Å². The second-order valence-electron chi connectivity index (χ2n) is 7.06. The number of aryl methyl sites for hydroxylation is 1. The molecule has 1 atom stereocenters. The highest BCUT2D eigenvalue weighted by molar-refractivity contribution is 14.0. The standard InChI is InChI=1S/C20H34N4O2.HI/c1-4-17-8-6-7-9-18(17)14-22-19(21-5-2)23-15-20(3,25)16-24-10-12-26-13-11-24;/h6-9,25H,4-5,10-16H2,1-3H3,(H2,21,22,23);1H. The molecule has 0 spiro atoms. The van der Waals surface area contributed by atoms with Crippen molar-refractivity contribution in [3.05, 3.63) is 35.4 Å². The fourth-order valence-corrected chi connectivity index (χ4v) is 3.13. The fourth-order valence-electron chi connectivity index (χ4n) is 3.13. The molecule has 1 fully saturated rings. The van der Waals surface area contributed by atoms with Gasteiger partial charge in [-0.2, -0.15) is 0 Å². The van der Waals surface area contributed by atoms with E-state index in [0.717, 1.165) is 45.2 Å². The average Bonchev–Trinajstić information content (AvgIpc) is 2.64. The van der Waals surface area contributed by atoms with Gasteiger partial charge in [-0.25, -0.2) is 4.99 Å². The number of hydrogen-bond acceptors (Lipinski definition) is 4. The number of benzene rings is 1. The lowest BCUT2D eigenvalue weighted by Crippen LogP contribution is -2.52. The van der Waals surface area contributed by atoms with Crippen LogP contribution in [0.15, 0.2) is 29.3 Å². The summed E-state index contributed by atoms with van der Waals surface area (Å²) < 4.78 is 5.37. The molecule has 2 rings (SSSR count). The maximum Gasteiger partial charge on any atom is 0.191 e. The number of aliphatic hydroxyl groups is 1. The third kappa shape index (κ3) is 8.76. The van der Waals surface area contributed by atoms with E-state index in [9.17, 15) is 5.11 Å². The van der Waals surface area contributed by atoms with Crippen molar-refractivity contribution < 1.29 is 9.84 Å². The van der Waals surface area contributed by atoms with Crippen molar-refractivity contribution in [3.8, 4) is 0 Å². The zero-order chi connectivity index (χ0) is 18.8. The lowest BCUT2D eigenvalue weighted by Gasteiger charge is -2.34. The van der Waals surface area contributed by atoms with Crippen molar-refractivity contribution in [1.29, 1.82) is 0 Å². The summed E-state index contributed by atoms with van der Waals surface area (Å²) in [5.41, 5.74) is 1.74. The summed E-state index contributed by atoms with van der Waals surface area (Å²) in [6.07, 6.45) is 1.00. The third-order valence-electron chi connectivity index (χ3n) is 4.56. The van der Waals surface area contributed by atoms with Gasteiger partial charge in [-0.15, -0.1) is 24.0 Å². The molecule has 154 valence electrons. The van der Waals surface area contributed by atoms with E-state index in [1.807, 2.05) is 13.8 Å². The van der Waals surface area contributed by atoms with Crippen LogP contribution in [0, 0.1) is 0 Å². The van der Waals surface area contributed by atoms with Crippen LogP contribution in [0.1, 0.15) is 31.9 Å². The Morgan fingerprint density at radius 3 is 2.48 bits per heavy atom. The number of halogens is 1. The molecule has 1 saturated heterocycles. The molecule has 1 unspecified atom stereocenters. The summed E-state index contributed by atoms with van der Waals surface area (Å²) in [5.74, 6) is 0.737. The second kappa shape index (κ2) is 12.5. The van der Waals surface area contributed by atoms with E-state index >= 15 is 0 Å². The van der Waals surface area contributed by atoms with Crippen LogP contribution in [-0.4, -0.2) is 67.5 Å². The van der Waals surface area contributed by atoms with Crippen LogP contribution in [0.5, 0.6) is 0 Å². The number of nitrogens with zero attached hydrogens (tertiary/aromatic N) is 2. The third-order valence-corrected chi connectivity index (χ3v) is 4.56. The maximum atomic E-state index is 10.7. The van der Waals surface area contributed by atoms with Gasteiger partial charge in [0.2, 0.25) is 0 Å². The molecule has 0 radical (unpaired) electrons. The van der Waals surface area contributed by atoms with Crippen molar-refractivity contribution in [1.82, 2.24) is 15.5 Å². The first-order chi connectivity index (χ1) is 12.5. The molecule has 0 amide bonds.